The molecule has 0 spiro atoms. The molecule has 4 heterocycles. The Morgan fingerprint density at radius 1 is 0.974 bits per heavy atom. The van der Waals surface area contributed by atoms with Crippen LogP contribution in [0.3, 0.4) is 0 Å². The molecule has 1 fully saturated rings. The predicted molar refractivity (Wildman–Crippen MR) is 149 cm³/mol. The number of benzene rings is 1. The summed E-state index contributed by atoms with van der Waals surface area (Å²) in [5.74, 6) is 1.77. The van der Waals surface area contributed by atoms with Gasteiger partial charge in [-0.3, -0.25) is 14.2 Å². The van der Waals surface area contributed by atoms with Gasteiger partial charge in [0.2, 0.25) is 11.9 Å². The molecule has 5 rings (SSSR count). The Bertz CT molecular complexity index is 1450. The molecule has 2 amide bonds. The fraction of sp³-hybridized carbons (Fsp3) is 0.345. The van der Waals surface area contributed by atoms with E-state index in [1.54, 1.807) is 31.4 Å². The lowest BCUT2D eigenvalue weighted by Gasteiger charge is -2.30. The molecular weight excluding hydrogens is 478 g/mol. The average Bonchev–Trinajstić information content (AvgIpc) is 3.29. The van der Waals surface area contributed by atoms with E-state index < -0.39 is 0 Å². The van der Waals surface area contributed by atoms with Crippen molar-refractivity contribution in [1.29, 1.82) is 0 Å². The molecule has 2 unspecified atom stereocenters. The zero-order valence-corrected chi connectivity index (χ0v) is 22.3. The highest BCUT2D eigenvalue weighted by Gasteiger charge is 2.24. The summed E-state index contributed by atoms with van der Waals surface area (Å²) >= 11 is 0. The van der Waals surface area contributed by atoms with Crippen molar-refractivity contribution in [3.05, 3.63) is 66.6 Å². The van der Waals surface area contributed by atoms with E-state index in [4.69, 9.17) is 4.98 Å². The van der Waals surface area contributed by atoms with Crippen molar-refractivity contribution < 1.29 is 9.59 Å². The minimum absolute atomic E-state index is 0.124. The Morgan fingerprint density at radius 2 is 1.74 bits per heavy atom. The number of aromatic nitrogens is 4. The minimum Gasteiger partial charge on any atom is -0.343 e. The van der Waals surface area contributed by atoms with Crippen LogP contribution in [0.15, 0.2) is 60.9 Å². The molecule has 196 valence electrons. The number of rotatable bonds is 5. The molecule has 0 radical (unpaired) electrons. The average molecular weight is 512 g/mol. The molecule has 38 heavy (non-hydrogen) atoms. The van der Waals surface area contributed by atoms with Gasteiger partial charge in [-0.25, -0.2) is 9.97 Å². The highest BCUT2D eigenvalue weighted by Crippen LogP contribution is 2.27. The number of carbonyl (C=O) groups excluding carboxylic acids is 2. The summed E-state index contributed by atoms with van der Waals surface area (Å²) in [5, 5.41) is 3.93. The largest absolute Gasteiger partial charge is 0.343 e. The number of hydrogen-bond donors (Lipinski definition) is 1. The fourth-order valence-corrected chi connectivity index (χ4v) is 4.84. The Balaban J connectivity index is 1.44. The number of fused-ring (bicyclic) bond motifs is 1. The molecule has 1 aliphatic heterocycles. The minimum atomic E-state index is -0.124. The Labute approximate surface area is 222 Å². The van der Waals surface area contributed by atoms with Crippen LogP contribution in [0.2, 0.25) is 0 Å². The molecule has 1 saturated heterocycles. The van der Waals surface area contributed by atoms with Crippen molar-refractivity contribution in [3.63, 3.8) is 0 Å². The maximum atomic E-state index is 13.0. The van der Waals surface area contributed by atoms with Crippen molar-refractivity contribution in [3.8, 4) is 5.69 Å². The first-order valence-corrected chi connectivity index (χ1v) is 13.0. The molecule has 1 aromatic carbocycles. The highest BCUT2D eigenvalue weighted by atomic mass is 16.2. The van der Waals surface area contributed by atoms with Crippen LogP contribution >= 0.6 is 0 Å². The van der Waals surface area contributed by atoms with Crippen molar-refractivity contribution in [2.75, 3.05) is 30.9 Å². The standard InChI is InChI=1S/C29H33N7O2/c1-19-10-11-20(2)18-35(26(37)14-19)23-12-13-25(30-17-23)32-29-31-16-21-15-24(28(38)34(3)4)36(27(21)33-29)22-8-6-5-7-9-22/h5-9,12-13,15-17,19-20H,10-11,14,18H2,1-4H3,(H,30,31,32,33). The van der Waals surface area contributed by atoms with Gasteiger partial charge in [0, 0.05) is 44.3 Å². The van der Waals surface area contributed by atoms with Crippen LogP contribution in [0.4, 0.5) is 17.5 Å². The quantitative estimate of drug-likeness (QED) is 0.403. The lowest BCUT2D eigenvalue weighted by Crippen LogP contribution is -2.37. The number of para-hydroxylation sites is 1. The van der Waals surface area contributed by atoms with E-state index in [1.165, 1.54) is 0 Å². The molecule has 0 bridgehead atoms. The van der Waals surface area contributed by atoms with Gasteiger partial charge < -0.3 is 15.1 Å². The van der Waals surface area contributed by atoms with E-state index in [1.807, 2.05) is 58.0 Å². The zero-order valence-electron chi connectivity index (χ0n) is 22.3. The first kappa shape index (κ1) is 25.4. The number of nitrogens with zero attached hydrogens (tertiary/aromatic N) is 6. The van der Waals surface area contributed by atoms with Gasteiger partial charge in [-0.05, 0) is 55.0 Å². The van der Waals surface area contributed by atoms with Crippen molar-refractivity contribution in [1.82, 2.24) is 24.4 Å². The third kappa shape index (κ3) is 5.22. The maximum Gasteiger partial charge on any atom is 0.270 e. The smallest absolute Gasteiger partial charge is 0.270 e. The molecule has 0 aliphatic carbocycles. The van der Waals surface area contributed by atoms with Crippen LogP contribution < -0.4 is 10.2 Å². The Hall–Kier alpha value is -4.27. The number of nitrogens with one attached hydrogen (secondary N) is 1. The van der Waals surface area contributed by atoms with Crippen LogP contribution in [-0.2, 0) is 4.79 Å². The summed E-state index contributed by atoms with van der Waals surface area (Å²) in [6.07, 6.45) is 6.18. The summed E-state index contributed by atoms with van der Waals surface area (Å²) in [4.78, 5) is 43.0. The first-order valence-electron chi connectivity index (χ1n) is 13.0. The van der Waals surface area contributed by atoms with E-state index in [9.17, 15) is 9.59 Å². The number of pyridine rings is 1. The zero-order chi connectivity index (χ0) is 26.8. The van der Waals surface area contributed by atoms with Gasteiger partial charge in [0.25, 0.3) is 5.91 Å². The van der Waals surface area contributed by atoms with Gasteiger partial charge in [0.15, 0.2) is 5.65 Å². The SMILES string of the molecule is CC1CCC(C)CN(c2ccc(Nc3ncc4cc(C(=O)N(C)C)n(-c5ccccc5)c4n3)nc2)C(=O)C1. The van der Waals surface area contributed by atoms with Crippen molar-refractivity contribution >= 4 is 40.3 Å². The van der Waals surface area contributed by atoms with Crippen LogP contribution in [-0.4, -0.2) is 56.9 Å². The molecule has 1 aliphatic rings. The predicted octanol–water partition coefficient (Wildman–Crippen LogP) is 5.05. The summed E-state index contributed by atoms with van der Waals surface area (Å²) in [6, 6.07) is 15.2. The van der Waals surface area contributed by atoms with E-state index in [-0.39, 0.29) is 11.8 Å². The molecule has 9 nitrogen and oxygen atoms in total. The van der Waals surface area contributed by atoms with Crippen molar-refractivity contribution in [2.24, 2.45) is 11.8 Å². The third-order valence-corrected chi connectivity index (χ3v) is 6.95. The third-order valence-electron chi connectivity index (χ3n) is 6.95. The van der Waals surface area contributed by atoms with Crippen LogP contribution in [0.1, 0.15) is 43.6 Å². The van der Waals surface area contributed by atoms with Gasteiger partial charge in [-0.2, -0.15) is 4.98 Å². The molecular formula is C29H33N7O2. The molecule has 0 saturated carbocycles. The normalized spacial score (nSPS) is 18.2. The highest BCUT2D eigenvalue weighted by molar-refractivity contribution is 5.99. The van der Waals surface area contributed by atoms with E-state index in [0.717, 1.165) is 29.6 Å². The lowest BCUT2D eigenvalue weighted by atomic mass is 9.92. The van der Waals surface area contributed by atoms with Crippen LogP contribution in [0.5, 0.6) is 0 Å². The van der Waals surface area contributed by atoms with E-state index in [0.29, 0.717) is 47.9 Å². The van der Waals surface area contributed by atoms with Gasteiger partial charge in [-0.1, -0.05) is 32.0 Å². The Kier molecular flexibility index (Phi) is 7.09. The molecule has 2 atom stereocenters. The monoisotopic (exact) mass is 511 g/mol. The fourth-order valence-electron chi connectivity index (χ4n) is 4.84. The van der Waals surface area contributed by atoms with E-state index >= 15 is 0 Å². The van der Waals surface area contributed by atoms with Gasteiger partial charge in [-0.15, -0.1) is 0 Å². The summed E-state index contributed by atoms with van der Waals surface area (Å²) in [6.45, 7) is 5.03. The summed E-state index contributed by atoms with van der Waals surface area (Å²) < 4.78 is 1.84. The Morgan fingerprint density at radius 3 is 2.45 bits per heavy atom. The van der Waals surface area contributed by atoms with Crippen LogP contribution in [0.25, 0.3) is 16.7 Å². The van der Waals surface area contributed by atoms with E-state index in [2.05, 4.69) is 29.1 Å². The number of anilines is 3. The van der Waals surface area contributed by atoms with Gasteiger partial charge in [0.1, 0.15) is 11.5 Å². The molecule has 4 aromatic rings. The van der Waals surface area contributed by atoms with Gasteiger partial charge >= 0.3 is 0 Å². The topological polar surface area (TPSA) is 96.2 Å². The van der Waals surface area contributed by atoms with Gasteiger partial charge in [0.05, 0.1) is 11.9 Å². The molecule has 9 heteroatoms. The molecule has 1 N–H and O–H groups in total. The summed E-state index contributed by atoms with van der Waals surface area (Å²) in [7, 11) is 3.46. The maximum absolute atomic E-state index is 13.0. The van der Waals surface area contributed by atoms with Crippen LogP contribution in [0, 0.1) is 11.8 Å². The second-order valence-electron chi connectivity index (χ2n) is 10.4. The van der Waals surface area contributed by atoms with Crippen molar-refractivity contribution in [2.45, 2.75) is 33.1 Å². The first-order chi connectivity index (χ1) is 18.3. The second-order valence-corrected chi connectivity index (χ2v) is 10.4. The number of amides is 2. The summed E-state index contributed by atoms with van der Waals surface area (Å²) in [5.41, 5.74) is 2.75. The number of hydrogen-bond acceptors (Lipinski definition) is 6. The second kappa shape index (κ2) is 10.6. The number of carbonyl (C=O) groups is 2. The molecule has 3 aromatic heterocycles. The lowest BCUT2D eigenvalue weighted by molar-refractivity contribution is -0.119.